The van der Waals surface area contributed by atoms with Crippen molar-refractivity contribution < 1.29 is 9.59 Å². The van der Waals surface area contributed by atoms with Crippen LogP contribution < -0.4 is 10.6 Å². The highest BCUT2D eigenvalue weighted by molar-refractivity contribution is 8.00. The molecule has 0 fully saturated rings. The molecular formula is C21H26N6O2S2. The van der Waals surface area contributed by atoms with Gasteiger partial charge in [0.1, 0.15) is 0 Å². The van der Waals surface area contributed by atoms with Crippen molar-refractivity contribution in [3.05, 3.63) is 52.3 Å². The zero-order chi connectivity index (χ0) is 22.5. The van der Waals surface area contributed by atoms with Crippen LogP contribution in [0.4, 0.5) is 5.13 Å². The third kappa shape index (κ3) is 5.50. The van der Waals surface area contributed by atoms with Crippen LogP contribution in [0.15, 0.2) is 35.5 Å². The average Bonchev–Trinajstić information content (AvgIpc) is 3.30. The number of aryl methyl sites for hydroxylation is 2. The SMILES string of the molecule is CCn1c(S[C@@H](C)C(=O)Nc2nc(C)c(C)s2)nnc1[C@H](C)NC(=O)c1ccccc1. The number of benzene rings is 1. The lowest BCUT2D eigenvalue weighted by Gasteiger charge is -2.16. The van der Waals surface area contributed by atoms with Crippen LogP contribution in [0.5, 0.6) is 0 Å². The smallest absolute Gasteiger partial charge is 0.251 e. The Morgan fingerprint density at radius 2 is 1.87 bits per heavy atom. The topological polar surface area (TPSA) is 102 Å². The van der Waals surface area contributed by atoms with E-state index >= 15 is 0 Å². The van der Waals surface area contributed by atoms with Crippen LogP contribution in [0.2, 0.25) is 0 Å². The maximum Gasteiger partial charge on any atom is 0.251 e. The minimum absolute atomic E-state index is 0.142. The van der Waals surface area contributed by atoms with E-state index in [1.165, 1.54) is 23.1 Å². The minimum atomic E-state index is -0.388. The molecule has 2 amide bonds. The third-order valence-corrected chi connectivity index (χ3v) is 6.81. The van der Waals surface area contributed by atoms with Gasteiger partial charge in [-0.3, -0.25) is 9.59 Å². The third-order valence-electron chi connectivity index (χ3n) is 4.74. The zero-order valence-electron chi connectivity index (χ0n) is 18.2. The van der Waals surface area contributed by atoms with Gasteiger partial charge in [-0.2, -0.15) is 0 Å². The summed E-state index contributed by atoms with van der Waals surface area (Å²) < 4.78 is 1.92. The van der Waals surface area contributed by atoms with Crippen LogP contribution in [0.1, 0.15) is 53.6 Å². The Morgan fingerprint density at radius 3 is 2.48 bits per heavy atom. The lowest BCUT2D eigenvalue weighted by Crippen LogP contribution is -2.28. The first-order chi connectivity index (χ1) is 14.8. The number of nitrogens with one attached hydrogen (secondary N) is 2. The van der Waals surface area contributed by atoms with E-state index < -0.39 is 0 Å². The van der Waals surface area contributed by atoms with Crippen LogP contribution in [0.3, 0.4) is 0 Å². The lowest BCUT2D eigenvalue weighted by molar-refractivity contribution is -0.115. The molecule has 31 heavy (non-hydrogen) atoms. The van der Waals surface area contributed by atoms with Gasteiger partial charge in [0.15, 0.2) is 16.1 Å². The van der Waals surface area contributed by atoms with E-state index in [-0.39, 0.29) is 23.1 Å². The summed E-state index contributed by atoms with van der Waals surface area (Å²) in [7, 11) is 0. The van der Waals surface area contributed by atoms with Crippen LogP contribution in [-0.4, -0.2) is 36.8 Å². The Morgan fingerprint density at radius 1 is 1.16 bits per heavy atom. The highest BCUT2D eigenvalue weighted by Crippen LogP contribution is 2.27. The molecule has 0 radical (unpaired) electrons. The summed E-state index contributed by atoms with van der Waals surface area (Å²) in [6.07, 6.45) is 0. The number of thioether (sulfide) groups is 1. The molecule has 0 saturated heterocycles. The summed E-state index contributed by atoms with van der Waals surface area (Å²) in [6, 6.07) is 8.71. The number of aromatic nitrogens is 4. The van der Waals surface area contributed by atoms with E-state index in [4.69, 9.17) is 0 Å². The average molecular weight is 459 g/mol. The van der Waals surface area contributed by atoms with E-state index in [9.17, 15) is 9.59 Å². The summed E-state index contributed by atoms with van der Waals surface area (Å²) in [5.74, 6) is 0.333. The number of thiazole rings is 1. The number of hydrogen-bond donors (Lipinski definition) is 2. The molecule has 0 unspecified atom stereocenters. The van der Waals surface area contributed by atoms with Crippen LogP contribution >= 0.6 is 23.1 Å². The minimum Gasteiger partial charge on any atom is -0.342 e. The summed E-state index contributed by atoms with van der Waals surface area (Å²) >= 11 is 2.79. The first kappa shape index (κ1) is 23.0. The van der Waals surface area contributed by atoms with E-state index in [1.54, 1.807) is 12.1 Å². The van der Waals surface area contributed by atoms with Gasteiger partial charge in [-0.05, 0) is 46.8 Å². The van der Waals surface area contributed by atoms with Crippen molar-refractivity contribution in [2.45, 2.75) is 57.6 Å². The Balaban J connectivity index is 1.67. The van der Waals surface area contributed by atoms with Crippen molar-refractivity contribution >= 4 is 40.0 Å². The van der Waals surface area contributed by atoms with E-state index in [1.807, 2.05) is 57.4 Å². The summed E-state index contributed by atoms with van der Waals surface area (Å²) in [5.41, 5.74) is 1.51. The fraction of sp³-hybridized carbons (Fsp3) is 0.381. The van der Waals surface area contributed by atoms with Gasteiger partial charge in [-0.1, -0.05) is 30.0 Å². The molecule has 2 N–H and O–H groups in total. The molecule has 1 aromatic carbocycles. The quantitative estimate of drug-likeness (QED) is 0.495. The fourth-order valence-corrected chi connectivity index (χ4v) is 4.62. The maximum absolute atomic E-state index is 12.6. The van der Waals surface area contributed by atoms with Gasteiger partial charge in [-0.15, -0.1) is 21.5 Å². The molecule has 0 aliphatic rings. The van der Waals surface area contributed by atoms with Gasteiger partial charge in [0.05, 0.1) is 17.0 Å². The second-order valence-electron chi connectivity index (χ2n) is 7.06. The summed E-state index contributed by atoms with van der Waals surface area (Å²) in [4.78, 5) is 30.5. The first-order valence-electron chi connectivity index (χ1n) is 10.0. The molecule has 8 nitrogen and oxygen atoms in total. The van der Waals surface area contributed by atoms with E-state index in [0.717, 1.165) is 10.6 Å². The number of hydrogen-bond acceptors (Lipinski definition) is 7. The van der Waals surface area contributed by atoms with Gasteiger partial charge in [0.2, 0.25) is 5.91 Å². The maximum atomic E-state index is 12.6. The molecule has 0 spiro atoms. The highest BCUT2D eigenvalue weighted by atomic mass is 32.2. The number of rotatable bonds is 8. The van der Waals surface area contributed by atoms with Crippen molar-refractivity contribution in [1.29, 1.82) is 0 Å². The zero-order valence-corrected chi connectivity index (χ0v) is 19.8. The van der Waals surface area contributed by atoms with Gasteiger partial charge in [0.25, 0.3) is 5.91 Å². The van der Waals surface area contributed by atoms with Crippen molar-refractivity contribution in [1.82, 2.24) is 25.1 Å². The number of carbonyl (C=O) groups excluding carboxylic acids is 2. The van der Waals surface area contributed by atoms with Crippen LogP contribution in [0.25, 0.3) is 0 Å². The standard InChI is InChI=1S/C21H26N6O2S2/c1-6-27-17(13(3)22-19(29)16-10-8-7-9-11-16)25-26-21(27)31-15(5)18(28)24-20-23-12(2)14(4)30-20/h7-11,13,15H,6H2,1-5H3,(H,22,29)(H,23,24,28)/t13-,15-/m0/s1. The van der Waals surface area contributed by atoms with E-state index in [2.05, 4.69) is 25.8 Å². The van der Waals surface area contributed by atoms with Crippen molar-refractivity contribution in [2.24, 2.45) is 0 Å². The normalized spacial score (nSPS) is 12.9. The molecule has 10 heteroatoms. The molecule has 2 heterocycles. The number of anilines is 1. The summed E-state index contributed by atoms with van der Waals surface area (Å²) in [6.45, 7) is 10.2. The predicted molar refractivity (Wildman–Crippen MR) is 124 cm³/mol. The molecule has 164 valence electrons. The van der Waals surface area contributed by atoms with Crippen molar-refractivity contribution in [3.8, 4) is 0 Å². The van der Waals surface area contributed by atoms with Gasteiger partial charge < -0.3 is 15.2 Å². The fourth-order valence-electron chi connectivity index (χ4n) is 2.88. The molecule has 3 aromatic rings. The predicted octanol–water partition coefficient (Wildman–Crippen LogP) is 3.98. The Hall–Kier alpha value is -2.72. The Labute approximate surface area is 189 Å². The highest BCUT2D eigenvalue weighted by Gasteiger charge is 2.23. The number of carbonyl (C=O) groups is 2. The molecule has 0 saturated carbocycles. The lowest BCUT2D eigenvalue weighted by atomic mass is 10.2. The molecule has 0 aliphatic carbocycles. The largest absolute Gasteiger partial charge is 0.342 e. The van der Waals surface area contributed by atoms with Crippen LogP contribution in [0, 0.1) is 13.8 Å². The monoisotopic (exact) mass is 458 g/mol. The molecule has 0 bridgehead atoms. The summed E-state index contributed by atoms with van der Waals surface area (Å²) in [5, 5.41) is 15.2. The molecule has 2 aromatic heterocycles. The molecule has 2 atom stereocenters. The van der Waals surface area contributed by atoms with E-state index in [0.29, 0.717) is 28.2 Å². The number of nitrogens with zero attached hydrogens (tertiary/aromatic N) is 4. The molecular weight excluding hydrogens is 432 g/mol. The van der Waals surface area contributed by atoms with Crippen molar-refractivity contribution in [2.75, 3.05) is 5.32 Å². The molecule has 3 rings (SSSR count). The second kappa shape index (κ2) is 10.1. The first-order valence-corrected chi connectivity index (χ1v) is 11.7. The van der Waals surface area contributed by atoms with Crippen molar-refractivity contribution in [3.63, 3.8) is 0 Å². The van der Waals surface area contributed by atoms with Gasteiger partial charge >= 0.3 is 0 Å². The molecule has 0 aliphatic heterocycles. The van der Waals surface area contributed by atoms with Crippen LogP contribution in [-0.2, 0) is 11.3 Å². The number of amides is 2. The Kier molecular flexibility index (Phi) is 7.45. The van der Waals surface area contributed by atoms with Gasteiger partial charge in [-0.25, -0.2) is 4.98 Å². The second-order valence-corrected chi connectivity index (χ2v) is 9.57. The van der Waals surface area contributed by atoms with Gasteiger partial charge in [0, 0.05) is 17.0 Å². The Bertz CT molecular complexity index is 1040.